The van der Waals surface area contributed by atoms with E-state index in [0.717, 1.165) is 28.8 Å². The quantitative estimate of drug-likeness (QED) is 0.923. The Bertz CT molecular complexity index is 495. The first-order valence-corrected chi connectivity index (χ1v) is 6.91. The maximum atomic E-state index is 4.37. The third-order valence-electron chi connectivity index (χ3n) is 2.83. The Morgan fingerprint density at radius 1 is 1.39 bits per heavy atom. The predicted molar refractivity (Wildman–Crippen MR) is 75.4 cm³/mol. The zero-order valence-corrected chi connectivity index (χ0v) is 12.2. The molecule has 0 aliphatic heterocycles. The van der Waals surface area contributed by atoms with Gasteiger partial charge in [-0.1, -0.05) is 13.0 Å². The van der Waals surface area contributed by atoms with Gasteiger partial charge in [-0.25, -0.2) is 0 Å². The normalized spacial score (nSPS) is 12.6. The molecule has 0 radical (unpaired) electrons. The molecule has 2 rings (SSSR count). The lowest BCUT2D eigenvalue weighted by Gasteiger charge is -2.19. The van der Waals surface area contributed by atoms with Gasteiger partial charge < -0.3 is 5.32 Å². The van der Waals surface area contributed by atoms with E-state index in [9.17, 15) is 0 Å². The van der Waals surface area contributed by atoms with E-state index in [-0.39, 0.29) is 6.04 Å². The fourth-order valence-corrected chi connectivity index (χ4v) is 2.56. The van der Waals surface area contributed by atoms with E-state index in [0.29, 0.717) is 0 Å². The van der Waals surface area contributed by atoms with Crippen molar-refractivity contribution >= 4 is 15.9 Å². The van der Waals surface area contributed by atoms with Gasteiger partial charge in [-0.05, 0) is 41.0 Å². The van der Waals surface area contributed by atoms with Crippen molar-refractivity contribution in [2.75, 3.05) is 6.54 Å². The van der Waals surface area contributed by atoms with Crippen molar-refractivity contribution in [3.05, 3.63) is 46.5 Å². The number of halogens is 1. The second-order valence-corrected chi connectivity index (χ2v) is 4.82. The van der Waals surface area contributed by atoms with Gasteiger partial charge >= 0.3 is 0 Å². The first kappa shape index (κ1) is 13.2. The number of aryl methyl sites for hydroxylation is 1. The number of aromatic nitrogens is 3. The molecule has 0 bridgehead atoms. The van der Waals surface area contributed by atoms with Crippen molar-refractivity contribution in [1.29, 1.82) is 0 Å². The molecule has 0 saturated carbocycles. The highest BCUT2D eigenvalue weighted by molar-refractivity contribution is 9.10. The summed E-state index contributed by atoms with van der Waals surface area (Å²) in [4.78, 5) is 4.20. The number of nitrogens with one attached hydrogen (secondary N) is 1. The molecule has 2 aromatic rings. The van der Waals surface area contributed by atoms with Gasteiger partial charge in [0.15, 0.2) is 0 Å². The molecule has 96 valence electrons. The Hall–Kier alpha value is -1.20. The molecule has 0 aliphatic carbocycles. The Kier molecular flexibility index (Phi) is 4.49. The number of pyridine rings is 1. The van der Waals surface area contributed by atoms with E-state index >= 15 is 0 Å². The largest absolute Gasteiger partial charge is 0.305 e. The SMILES string of the molecule is CCNC(c1cccnc1)c1c(Br)cnn1CC. The van der Waals surface area contributed by atoms with Crippen molar-refractivity contribution in [2.45, 2.75) is 26.4 Å². The molecule has 0 amide bonds. The smallest absolute Gasteiger partial charge is 0.0774 e. The maximum absolute atomic E-state index is 4.37. The summed E-state index contributed by atoms with van der Waals surface area (Å²) in [5, 5.41) is 7.86. The van der Waals surface area contributed by atoms with E-state index < -0.39 is 0 Å². The van der Waals surface area contributed by atoms with Crippen LogP contribution in [-0.2, 0) is 6.54 Å². The van der Waals surface area contributed by atoms with Crippen molar-refractivity contribution < 1.29 is 0 Å². The molecule has 2 aromatic heterocycles. The number of nitrogens with zero attached hydrogens (tertiary/aromatic N) is 3. The minimum Gasteiger partial charge on any atom is -0.305 e. The third kappa shape index (κ3) is 2.62. The van der Waals surface area contributed by atoms with E-state index in [1.807, 2.05) is 23.1 Å². The average Bonchev–Trinajstić information content (AvgIpc) is 2.78. The van der Waals surface area contributed by atoms with Crippen LogP contribution >= 0.6 is 15.9 Å². The molecule has 0 fully saturated rings. The summed E-state index contributed by atoms with van der Waals surface area (Å²) in [6, 6.07) is 4.15. The highest BCUT2D eigenvalue weighted by atomic mass is 79.9. The van der Waals surface area contributed by atoms with Crippen molar-refractivity contribution in [3.63, 3.8) is 0 Å². The molecule has 1 atom stereocenters. The molecule has 1 unspecified atom stereocenters. The highest BCUT2D eigenvalue weighted by Gasteiger charge is 2.20. The average molecular weight is 309 g/mol. The lowest BCUT2D eigenvalue weighted by molar-refractivity contribution is 0.540. The van der Waals surface area contributed by atoms with Gasteiger partial charge in [0.1, 0.15) is 0 Å². The first-order valence-electron chi connectivity index (χ1n) is 6.12. The summed E-state index contributed by atoms with van der Waals surface area (Å²) in [5.41, 5.74) is 2.29. The van der Waals surface area contributed by atoms with Gasteiger partial charge in [-0.3, -0.25) is 9.67 Å². The van der Waals surface area contributed by atoms with E-state index in [1.54, 1.807) is 6.20 Å². The Balaban J connectivity index is 2.44. The second-order valence-electron chi connectivity index (χ2n) is 3.97. The zero-order valence-electron chi connectivity index (χ0n) is 10.6. The van der Waals surface area contributed by atoms with Gasteiger partial charge in [-0.2, -0.15) is 5.10 Å². The fourth-order valence-electron chi connectivity index (χ4n) is 2.03. The first-order chi connectivity index (χ1) is 8.77. The van der Waals surface area contributed by atoms with Gasteiger partial charge in [0.2, 0.25) is 0 Å². The summed E-state index contributed by atoms with van der Waals surface area (Å²) in [6.45, 7) is 5.93. The molecular weight excluding hydrogens is 292 g/mol. The van der Waals surface area contributed by atoms with Crippen LogP contribution in [0.4, 0.5) is 0 Å². The Labute approximate surface area is 116 Å². The number of rotatable bonds is 5. The lowest BCUT2D eigenvalue weighted by Crippen LogP contribution is -2.25. The Morgan fingerprint density at radius 3 is 2.83 bits per heavy atom. The third-order valence-corrected chi connectivity index (χ3v) is 3.44. The van der Waals surface area contributed by atoms with Gasteiger partial charge in [0, 0.05) is 18.9 Å². The Morgan fingerprint density at radius 2 is 2.22 bits per heavy atom. The van der Waals surface area contributed by atoms with E-state index in [1.165, 1.54) is 0 Å². The summed E-state index contributed by atoms with van der Waals surface area (Å²) in [7, 11) is 0. The fraction of sp³-hybridized carbons (Fsp3) is 0.385. The summed E-state index contributed by atoms with van der Waals surface area (Å²) >= 11 is 3.58. The topological polar surface area (TPSA) is 42.7 Å². The zero-order chi connectivity index (χ0) is 13.0. The molecular formula is C13H17BrN4. The predicted octanol–water partition coefficient (Wildman–Crippen LogP) is 2.76. The summed E-state index contributed by atoms with van der Waals surface area (Å²) in [5.74, 6) is 0. The van der Waals surface area contributed by atoms with Crippen LogP contribution in [0.5, 0.6) is 0 Å². The van der Waals surface area contributed by atoms with Crippen LogP contribution in [-0.4, -0.2) is 21.3 Å². The molecule has 0 aromatic carbocycles. The molecule has 2 heterocycles. The van der Waals surface area contributed by atoms with Crippen LogP contribution in [0.15, 0.2) is 35.2 Å². The van der Waals surface area contributed by atoms with Crippen molar-refractivity contribution in [1.82, 2.24) is 20.1 Å². The molecule has 0 spiro atoms. The molecule has 4 nitrogen and oxygen atoms in total. The molecule has 0 aliphatic rings. The standard InChI is InChI=1S/C13H17BrN4/c1-3-16-12(10-6-5-7-15-8-10)13-11(14)9-17-18(13)4-2/h5-9,12,16H,3-4H2,1-2H3. The van der Waals surface area contributed by atoms with Crippen molar-refractivity contribution in [3.8, 4) is 0 Å². The summed E-state index contributed by atoms with van der Waals surface area (Å²) in [6.07, 6.45) is 5.53. The van der Waals surface area contributed by atoms with Gasteiger partial charge in [0.05, 0.1) is 22.4 Å². The van der Waals surface area contributed by atoms with E-state index in [4.69, 9.17) is 0 Å². The number of hydrogen-bond acceptors (Lipinski definition) is 3. The molecule has 18 heavy (non-hydrogen) atoms. The molecule has 1 N–H and O–H groups in total. The van der Waals surface area contributed by atoms with E-state index in [2.05, 4.69) is 51.2 Å². The highest BCUT2D eigenvalue weighted by Crippen LogP contribution is 2.28. The minimum atomic E-state index is 0.112. The summed E-state index contributed by atoms with van der Waals surface area (Å²) < 4.78 is 3.03. The van der Waals surface area contributed by atoms with Crippen LogP contribution in [0.3, 0.4) is 0 Å². The van der Waals surface area contributed by atoms with Crippen LogP contribution in [0, 0.1) is 0 Å². The number of hydrogen-bond donors (Lipinski definition) is 1. The van der Waals surface area contributed by atoms with Gasteiger partial charge in [-0.15, -0.1) is 0 Å². The second kappa shape index (κ2) is 6.11. The molecule has 5 heteroatoms. The van der Waals surface area contributed by atoms with Crippen LogP contribution < -0.4 is 5.32 Å². The van der Waals surface area contributed by atoms with Gasteiger partial charge in [0.25, 0.3) is 0 Å². The monoisotopic (exact) mass is 308 g/mol. The van der Waals surface area contributed by atoms with Crippen molar-refractivity contribution in [2.24, 2.45) is 0 Å². The van der Waals surface area contributed by atoms with Crippen LogP contribution in [0.1, 0.15) is 31.1 Å². The lowest BCUT2D eigenvalue weighted by atomic mass is 10.1. The minimum absolute atomic E-state index is 0.112. The maximum Gasteiger partial charge on any atom is 0.0774 e. The van der Waals surface area contributed by atoms with Crippen LogP contribution in [0.25, 0.3) is 0 Å². The van der Waals surface area contributed by atoms with Crippen LogP contribution in [0.2, 0.25) is 0 Å². The molecule has 0 saturated heterocycles.